The first-order valence-corrected chi connectivity index (χ1v) is 13.7. The highest BCUT2D eigenvalue weighted by Crippen LogP contribution is 2.30. The second kappa shape index (κ2) is 10.6. The van der Waals surface area contributed by atoms with Gasteiger partial charge in [0.15, 0.2) is 17.5 Å². The summed E-state index contributed by atoms with van der Waals surface area (Å²) in [6, 6.07) is 43.6. The standard InChI is InChI=1S/C36H27N3O/c1-3-12-27(13-4-1)34-37-35(28-14-5-2-6-15-28)39-36(38-34)29-21-18-25(19-22-29)10-9-11-26-20-23-33-31(24-26)30-16-7-8-17-32(30)40-33/h1-8,12-24H,9-11H2. The van der Waals surface area contributed by atoms with Crippen molar-refractivity contribution in [2.45, 2.75) is 19.3 Å². The van der Waals surface area contributed by atoms with Gasteiger partial charge in [-0.05, 0) is 48.6 Å². The number of aryl methyl sites for hydroxylation is 2. The zero-order chi connectivity index (χ0) is 26.7. The van der Waals surface area contributed by atoms with E-state index in [1.807, 2.05) is 72.8 Å². The van der Waals surface area contributed by atoms with E-state index in [1.165, 1.54) is 21.9 Å². The Hall–Kier alpha value is -5.09. The van der Waals surface area contributed by atoms with Gasteiger partial charge >= 0.3 is 0 Å². The number of hydrogen-bond donors (Lipinski definition) is 0. The number of hydrogen-bond acceptors (Lipinski definition) is 4. The molecule has 2 heterocycles. The third-order valence-electron chi connectivity index (χ3n) is 7.28. The monoisotopic (exact) mass is 517 g/mol. The van der Waals surface area contributed by atoms with Gasteiger partial charge in [0, 0.05) is 27.5 Å². The van der Waals surface area contributed by atoms with Gasteiger partial charge < -0.3 is 4.42 Å². The Balaban J connectivity index is 1.10. The quantitative estimate of drug-likeness (QED) is 0.212. The fraction of sp³-hybridized carbons (Fsp3) is 0.0833. The van der Waals surface area contributed by atoms with Crippen LogP contribution in [-0.2, 0) is 12.8 Å². The Labute approximate surface area is 233 Å². The minimum Gasteiger partial charge on any atom is -0.456 e. The van der Waals surface area contributed by atoms with Crippen molar-refractivity contribution < 1.29 is 4.42 Å². The molecular formula is C36H27N3O. The van der Waals surface area contributed by atoms with Gasteiger partial charge in [0.25, 0.3) is 0 Å². The molecule has 7 rings (SSSR count). The second-order valence-electron chi connectivity index (χ2n) is 10.0. The van der Waals surface area contributed by atoms with Crippen LogP contribution in [0, 0.1) is 0 Å². The summed E-state index contributed by atoms with van der Waals surface area (Å²) in [6.07, 6.45) is 3.10. The zero-order valence-corrected chi connectivity index (χ0v) is 22.0. The number of aromatic nitrogens is 3. The minimum absolute atomic E-state index is 0.677. The normalized spacial score (nSPS) is 11.3. The largest absolute Gasteiger partial charge is 0.456 e. The highest BCUT2D eigenvalue weighted by Gasteiger charge is 2.12. The van der Waals surface area contributed by atoms with Crippen LogP contribution >= 0.6 is 0 Å². The topological polar surface area (TPSA) is 51.8 Å². The lowest BCUT2D eigenvalue weighted by Crippen LogP contribution is -2.00. The molecule has 0 fully saturated rings. The summed E-state index contributed by atoms with van der Waals surface area (Å²) in [7, 11) is 0. The van der Waals surface area contributed by atoms with Crippen molar-refractivity contribution in [2.75, 3.05) is 0 Å². The first-order chi connectivity index (χ1) is 19.8. The molecule has 0 unspecified atom stereocenters. The molecular weight excluding hydrogens is 490 g/mol. The lowest BCUT2D eigenvalue weighted by atomic mass is 10.0. The van der Waals surface area contributed by atoms with Crippen molar-refractivity contribution >= 4 is 21.9 Å². The molecule has 192 valence electrons. The van der Waals surface area contributed by atoms with Gasteiger partial charge in [-0.15, -0.1) is 0 Å². The second-order valence-corrected chi connectivity index (χ2v) is 10.0. The Bertz CT molecular complexity index is 1850. The molecule has 0 radical (unpaired) electrons. The summed E-state index contributed by atoms with van der Waals surface area (Å²) < 4.78 is 5.98. The van der Waals surface area contributed by atoms with Gasteiger partial charge in [-0.25, -0.2) is 15.0 Å². The molecule has 0 aliphatic rings. The number of rotatable bonds is 7. The Morgan fingerprint density at radius 1 is 0.425 bits per heavy atom. The van der Waals surface area contributed by atoms with E-state index in [9.17, 15) is 0 Å². The third kappa shape index (κ3) is 4.87. The molecule has 5 aromatic carbocycles. The lowest BCUT2D eigenvalue weighted by molar-refractivity contribution is 0.668. The fourth-order valence-electron chi connectivity index (χ4n) is 5.18. The van der Waals surface area contributed by atoms with E-state index >= 15 is 0 Å². The molecule has 0 aliphatic heterocycles. The highest BCUT2D eigenvalue weighted by atomic mass is 16.3. The van der Waals surface area contributed by atoms with E-state index < -0.39 is 0 Å². The summed E-state index contributed by atoms with van der Waals surface area (Å²) in [5.41, 5.74) is 7.47. The molecule has 0 atom stereocenters. The van der Waals surface area contributed by atoms with Gasteiger partial charge in [0.1, 0.15) is 11.2 Å². The molecule has 0 saturated carbocycles. The van der Waals surface area contributed by atoms with Gasteiger partial charge in [-0.2, -0.15) is 0 Å². The maximum absolute atomic E-state index is 5.98. The smallest absolute Gasteiger partial charge is 0.164 e. The molecule has 0 spiro atoms. The predicted molar refractivity (Wildman–Crippen MR) is 162 cm³/mol. The molecule has 4 nitrogen and oxygen atoms in total. The van der Waals surface area contributed by atoms with Gasteiger partial charge in [-0.1, -0.05) is 109 Å². The maximum Gasteiger partial charge on any atom is 0.164 e. The van der Waals surface area contributed by atoms with Crippen LogP contribution in [0.2, 0.25) is 0 Å². The van der Waals surface area contributed by atoms with Crippen molar-refractivity contribution in [1.29, 1.82) is 0 Å². The summed E-state index contributed by atoms with van der Waals surface area (Å²) in [5, 5.41) is 2.37. The molecule has 0 saturated heterocycles. The van der Waals surface area contributed by atoms with Gasteiger partial charge in [0.2, 0.25) is 0 Å². The third-order valence-corrected chi connectivity index (χ3v) is 7.28. The number of furan rings is 1. The molecule has 0 amide bonds. The Kier molecular flexibility index (Phi) is 6.35. The molecule has 4 heteroatoms. The van der Waals surface area contributed by atoms with Crippen LogP contribution in [0.4, 0.5) is 0 Å². The summed E-state index contributed by atoms with van der Waals surface area (Å²) in [6.45, 7) is 0. The average molecular weight is 518 g/mol. The number of benzene rings is 5. The first-order valence-electron chi connectivity index (χ1n) is 13.7. The van der Waals surface area contributed by atoms with Crippen LogP contribution in [0.3, 0.4) is 0 Å². The van der Waals surface area contributed by atoms with E-state index in [0.717, 1.165) is 47.1 Å². The Morgan fingerprint density at radius 3 is 1.57 bits per heavy atom. The maximum atomic E-state index is 5.98. The van der Waals surface area contributed by atoms with Crippen LogP contribution in [0.5, 0.6) is 0 Å². The van der Waals surface area contributed by atoms with E-state index in [1.54, 1.807) is 0 Å². The summed E-state index contributed by atoms with van der Waals surface area (Å²) >= 11 is 0. The molecule has 2 aromatic heterocycles. The molecule has 40 heavy (non-hydrogen) atoms. The fourth-order valence-corrected chi connectivity index (χ4v) is 5.18. The SMILES string of the molecule is c1ccc(-c2nc(-c3ccccc3)nc(-c3ccc(CCCc4ccc5oc6ccccc6c5c4)cc3)n2)cc1. The van der Waals surface area contributed by atoms with Crippen molar-refractivity contribution in [3.05, 3.63) is 139 Å². The van der Waals surface area contributed by atoms with Crippen LogP contribution in [0.15, 0.2) is 132 Å². The first kappa shape index (κ1) is 24.0. The van der Waals surface area contributed by atoms with E-state index in [4.69, 9.17) is 19.4 Å². The van der Waals surface area contributed by atoms with E-state index in [2.05, 4.69) is 54.6 Å². The lowest BCUT2D eigenvalue weighted by Gasteiger charge is -2.09. The van der Waals surface area contributed by atoms with Gasteiger partial charge in [0.05, 0.1) is 0 Å². The van der Waals surface area contributed by atoms with Crippen molar-refractivity contribution in [1.82, 2.24) is 15.0 Å². The number of fused-ring (bicyclic) bond motifs is 3. The molecule has 0 N–H and O–H groups in total. The van der Waals surface area contributed by atoms with Crippen LogP contribution < -0.4 is 0 Å². The van der Waals surface area contributed by atoms with E-state index in [-0.39, 0.29) is 0 Å². The highest BCUT2D eigenvalue weighted by molar-refractivity contribution is 6.04. The number of nitrogens with zero attached hydrogens (tertiary/aromatic N) is 3. The van der Waals surface area contributed by atoms with Crippen molar-refractivity contribution in [2.24, 2.45) is 0 Å². The summed E-state index contributed by atoms with van der Waals surface area (Å²) in [4.78, 5) is 14.5. The average Bonchev–Trinajstić information content (AvgIpc) is 3.40. The van der Waals surface area contributed by atoms with Crippen molar-refractivity contribution in [3.8, 4) is 34.2 Å². The number of para-hydroxylation sites is 1. The van der Waals surface area contributed by atoms with Crippen LogP contribution in [0.1, 0.15) is 17.5 Å². The van der Waals surface area contributed by atoms with Crippen LogP contribution in [-0.4, -0.2) is 15.0 Å². The van der Waals surface area contributed by atoms with E-state index in [0.29, 0.717) is 17.5 Å². The minimum atomic E-state index is 0.677. The predicted octanol–water partition coefficient (Wildman–Crippen LogP) is 8.95. The van der Waals surface area contributed by atoms with Gasteiger partial charge in [-0.3, -0.25) is 0 Å². The Morgan fingerprint density at radius 2 is 0.925 bits per heavy atom. The summed E-state index contributed by atoms with van der Waals surface area (Å²) in [5.74, 6) is 2.03. The molecule has 0 aliphatic carbocycles. The van der Waals surface area contributed by atoms with Crippen LogP contribution in [0.25, 0.3) is 56.1 Å². The molecule has 7 aromatic rings. The zero-order valence-electron chi connectivity index (χ0n) is 22.0. The molecule has 0 bridgehead atoms. The van der Waals surface area contributed by atoms with Crippen molar-refractivity contribution in [3.63, 3.8) is 0 Å².